The highest BCUT2D eigenvalue weighted by Gasteiger charge is 2.32. The zero-order valence-corrected chi connectivity index (χ0v) is 9.62. The van der Waals surface area contributed by atoms with E-state index in [1.54, 1.807) is 0 Å². The molecule has 0 bridgehead atoms. The summed E-state index contributed by atoms with van der Waals surface area (Å²) in [5.74, 6) is -1.21. The summed E-state index contributed by atoms with van der Waals surface area (Å²) in [6.07, 6.45) is -6.21. The first-order valence-electron chi connectivity index (χ1n) is 4.82. The number of methoxy groups -OCH3 is 2. The zero-order valence-electron chi connectivity index (χ0n) is 9.62. The molecule has 0 aliphatic heterocycles. The van der Waals surface area contributed by atoms with Gasteiger partial charge in [-0.2, -0.15) is 13.2 Å². The quantitative estimate of drug-likeness (QED) is 0.847. The van der Waals surface area contributed by atoms with Crippen molar-refractivity contribution >= 4 is 5.97 Å². The van der Waals surface area contributed by atoms with E-state index in [1.807, 2.05) is 0 Å². The predicted molar refractivity (Wildman–Crippen MR) is 55.0 cm³/mol. The minimum Gasteiger partial charge on any atom is -0.496 e. The average Bonchev–Trinajstić information content (AvgIpc) is 2.35. The van der Waals surface area contributed by atoms with E-state index < -0.39 is 23.8 Å². The lowest BCUT2D eigenvalue weighted by Gasteiger charge is -2.15. The van der Waals surface area contributed by atoms with Gasteiger partial charge in [0.15, 0.2) is 6.10 Å². The van der Waals surface area contributed by atoms with Crippen LogP contribution >= 0.6 is 0 Å². The summed E-state index contributed by atoms with van der Waals surface area (Å²) < 4.78 is 46.4. The average molecular weight is 264 g/mol. The Morgan fingerprint density at radius 2 is 1.94 bits per heavy atom. The highest BCUT2D eigenvalue weighted by Crippen LogP contribution is 2.35. The molecule has 4 nitrogen and oxygen atoms in total. The Balaban J connectivity index is 3.19. The Kier molecular flexibility index (Phi) is 4.18. The molecule has 0 aliphatic rings. The maximum Gasteiger partial charge on any atom is 0.416 e. The van der Waals surface area contributed by atoms with Gasteiger partial charge < -0.3 is 14.6 Å². The van der Waals surface area contributed by atoms with Gasteiger partial charge in [0.25, 0.3) is 0 Å². The van der Waals surface area contributed by atoms with E-state index in [-0.39, 0.29) is 11.3 Å². The number of carbonyl (C=O) groups excluding carboxylic acids is 1. The van der Waals surface area contributed by atoms with Crippen LogP contribution in [-0.2, 0) is 15.7 Å². The zero-order chi connectivity index (χ0) is 13.9. The van der Waals surface area contributed by atoms with E-state index >= 15 is 0 Å². The van der Waals surface area contributed by atoms with Gasteiger partial charge in [0.2, 0.25) is 0 Å². The van der Waals surface area contributed by atoms with E-state index in [2.05, 4.69) is 4.74 Å². The molecule has 18 heavy (non-hydrogen) atoms. The van der Waals surface area contributed by atoms with E-state index in [4.69, 9.17) is 4.74 Å². The summed E-state index contributed by atoms with van der Waals surface area (Å²) in [4.78, 5) is 11.1. The Morgan fingerprint density at radius 3 is 2.39 bits per heavy atom. The monoisotopic (exact) mass is 264 g/mol. The highest BCUT2D eigenvalue weighted by molar-refractivity contribution is 5.77. The number of benzene rings is 1. The van der Waals surface area contributed by atoms with Crippen LogP contribution in [0.15, 0.2) is 18.2 Å². The number of carbonyl (C=O) groups is 1. The smallest absolute Gasteiger partial charge is 0.416 e. The van der Waals surface area contributed by atoms with Crippen LogP contribution in [0.3, 0.4) is 0 Å². The molecule has 0 saturated heterocycles. The first-order chi connectivity index (χ1) is 8.31. The Morgan fingerprint density at radius 1 is 1.33 bits per heavy atom. The lowest BCUT2D eigenvalue weighted by atomic mass is 10.1. The van der Waals surface area contributed by atoms with Gasteiger partial charge in [0.1, 0.15) is 5.75 Å². The van der Waals surface area contributed by atoms with Crippen LogP contribution in [-0.4, -0.2) is 25.3 Å². The van der Waals surface area contributed by atoms with Crippen molar-refractivity contribution in [3.8, 4) is 5.75 Å². The molecule has 0 spiro atoms. The number of aliphatic hydroxyl groups is 1. The van der Waals surface area contributed by atoms with Gasteiger partial charge in [0, 0.05) is 5.56 Å². The first-order valence-corrected chi connectivity index (χ1v) is 4.82. The SMILES string of the molecule is COC(=O)C(O)c1ccc(C(F)(F)F)cc1OC. The number of rotatable bonds is 3. The third-order valence-electron chi connectivity index (χ3n) is 2.28. The normalized spacial score (nSPS) is 13.0. The van der Waals surface area contributed by atoms with Crippen molar-refractivity contribution < 1.29 is 32.5 Å². The van der Waals surface area contributed by atoms with Gasteiger partial charge in [0.05, 0.1) is 19.8 Å². The molecule has 0 heterocycles. The number of alkyl halides is 3. The summed E-state index contributed by atoms with van der Waals surface area (Å²) >= 11 is 0. The van der Waals surface area contributed by atoms with Crippen LogP contribution in [0.5, 0.6) is 5.75 Å². The number of esters is 1. The molecule has 0 saturated carbocycles. The third-order valence-corrected chi connectivity index (χ3v) is 2.28. The Labute approximate surface area is 101 Å². The van der Waals surface area contributed by atoms with Crippen molar-refractivity contribution in [3.05, 3.63) is 29.3 Å². The van der Waals surface area contributed by atoms with E-state index in [0.29, 0.717) is 6.07 Å². The van der Waals surface area contributed by atoms with Crippen molar-refractivity contribution in [2.45, 2.75) is 12.3 Å². The molecule has 1 aromatic rings. The van der Waals surface area contributed by atoms with Crippen molar-refractivity contribution in [2.75, 3.05) is 14.2 Å². The fraction of sp³-hybridized carbons (Fsp3) is 0.364. The molecule has 0 aromatic heterocycles. The van der Waals surface area contributed by atoms with E-state index in [9.17, 15) is 23.1 Å². The molecule has 0 fully saturated rings. The van der Waals surface area contributed by atoms with Crippen molar-refractivity contribution in [2.24, 2.45) is 0 Å². The molecule has 0 amide bonds. The van der Waals surface area contributed by atoms with Gasteiger partial charge >= 0.3 is 12.1 Å². The standard InChI is InChI=1S/C11H11F3O4/c1-17-8-5-6(11(12,13)14)3-4-7(8)9(15)10(16)18-2/h3-5,9,15H,1-2H3. The molecule has 1 rings (SSSR count). The van der Waals surface area contributed by atoms with Crippen LogP contribution in [0.1, 0.15) is 17.2 Å². The fourth-order valence-electron chi connectivity index (χ4n) is 1.35. The summed E-state index contributed by atoms with van der Waals surface area (Å²) in [5, 5.41) is 9.56. The third kappa shape index (κ3) is 2.92. The topological polar surface area (TPSA) is 55.8 Å². The van der Waals surface area contributed by atoms with Crippen LogP contribution in [0.25, 0.3) is 0 Å². The van der Waals surface area contributed by atoms with E-state index in [1.165, 1.54) is 0 Å². The minimum absolute atomic E-state index is 0.0858. The molecule has 7 heteroatoms. The lowest BCUT2D eigenvalue weighted by molar-refractivity contribution is -0.150. The van der Waals surface area contributed by atoms with E-state index in [0.717, 1.165) is 26.4 Å². The van der Waals surface area contributed by atoms with Crippen molar-refractivity contribution in [3.63, 3.8) is 0 Å². The van der Waals surface area contributed by atoms with Crippen LogP contribution in [0.2, 0.25) is 0 Å². The number of aliphatic hydroxyl groups excluding tert-OH is 1. The molecule has 100 valence electrons. The molecular weight excluding hydrogens is 253 g/mol. The molecule has 1 aromatic carbocycles. The molecule has 0 radical (unpaired) electrons. The summed E-state index contributed by atoms with van der Waals surface area (Å²) in [7, 11) is 2.20. The predicted octanol–water partition coefficient (Wildman–Crippen LogP) is 1.92. The van der Waals surface area contributed by atoms with Crippen LogP contribution in [0.4, 0.5) is 13.2 Å². The molecule has 0 aliphatic carbocycles. The largest absolute Gasteiger partial charge is 0.496 e. The second-order valence-corrected chi connectivity index (χ2v) is 3.38. The van der Waals surface area contributed by atoms with Crippen LogP contribution in [0, 0.1) is 0 Å². The number of hydrogen-bond acceptors (Lipinski definition) is 4. The number of ether oxygens (including phenoxy) is 2. The summed E-state index contributed by atoms with van der Waals surface area (Å²) in [5.41, 5.74) is -1.02. The maximum absolute atomic E-state index is 12.5. The van der Waals surface area contributed by atoms with Crippen molar-refractivity contribution in [1.29, 1.82) is 0 Å². The van der Waals surface area contributed by atoms with Gasteiger partial charge in [-0.05, 0) is 12.1 Å². The Bertz CT molecular complexity index is 442. The molecular formula is C11H11F3O4. The van der Waals surface area contributed by atoms with Gasteiger partial charge in [-0.25, -0.2) is 4.79 Å². The number of halogens is 3. The Hall–Kier alpha value is -1.76. The maximum atomic E-state index is 12.5. The van der Waals surface area contributed by atoms with Crippen molar-refractivity contribution in [1.82, 2.24) is 0 Å². The van der Waals surface area contributed by atoms with Gasteiger partial charge in [-0.15, -0.1) is 0 Å². The minimum atomic E-state index is -4.53. The second kappa shape index (κ2) is 5.26. The second-order valence-electron chi connectivity index (χ2n) is 3.38. The number of hydrogen-bond donors (Lipinski definition) is 1. The summed E-state index contributed by atoms with van der Waals surface area (Å²) in [6, 6.07) is 2.44. The molecule has 1 unspecified atom stereocenters. The van der Waals surface area contributed by atoms with Gasteiger partial charge in [-0.3, -0.25) is 0 Å². The molecule has 1 atom stereocenters. The first kappa shape index (κ1) is 14.3. The fourth-order valence-corrected chi connectivity index (χ4v) is 1.35. The lowest BCUT2D eigenvalue weighted by Crippen LogP contribution is -2.15. The highest BCUT2D eigenvalue weighted by atomic mass is 19.4. The van der Waals surface area contributed by atoms with Crippen LogP contribution < -0.4 is 4.74 Å². The molecule has 1 N–H and O–H groups in total. The van der Waals surface area contributed by atoms with Gasteiger partial charge in [-0.1, -0.05) is 6.07 Å². The summed E-state index contributed by atoms with van der Waals surface area (Å²) in [6.45, 7) is 0.